The van der Waals surface area contributed by atoms with Crippen LogP contribution in [0.3, 0.4) is 0 Å². The Kier molecular flexibility index (Phi) is 3.58. The van der Waals surface area contributed by atoms with E-state index in [1.54, 1.807) is 0 Å². The second-order valence-corrected chi connectivity index (χ2v) is 3.20. The van der Waals surface area contributed by atoms with Gasteiger partial charge in [0.2, 0.25) is 0 Å². The van der Waals surface area contributed by atoms with Crippen molar-refractivity contribution in [3.05, 3.63) is 0 Å². The van der Waals surface area contributed by atoms with Crippen LogP contribution < -0.4 is 5.73 Å². The maximum atomic E-state index is 11.2. The van der Waals surface area contributed by atoms with Crippen LogP contribution >= 0.6 is 0 Å². The van der Waals surface area contributed by atoms with E-state index in [2.05, 4.69) is 0 Å². The summed E-state index contributed by atoms with van der Waals surface area (Å²) in [5, 5.41) is 0. The fraction of sp³-hybridized carbons (Fsp3) is 0.875. The fourth-order valence-electron chi connectivity index (χ4n) is 0.667. The molecule has 0 fully saturated rings. The Balaban J connectivity index is 3.91. The summed E-state index contributed by atoms with van der Waals surface area (Å²) in [7, 11) is 0. The highest BCUT2D eigenvalue weighted by molar-refractivity contribution is 5.84. The molecule has 0 amide bonds. The van der Waals surface area contributed by atoms with Gasteiger partial charge in [-0.3, -0.25) is 4.79 Å². The lowest BCUT2D eigenvalue weighted by atomic mass is 9.84. The number of carbonyl (C=O) groups is 1. The Labute approximate surface area is 62.8 Å². The number of rotatable bonds is 4. The molecule has 0 aromatic rings. The third kappa shape index (κ3) is 2.48. The molecule has 0 saturated carbocycles. The van der Waals surface area contributed by atoms with E-state index < -0.39 is 0 Å². The maximum absolute atomic E-state index is 11.2. The molecule has 0 rings (SSSR count). The predicted octanol–water partition coefficient (Wildman–Crippen LogP) is 1.34. The molecule has 0 unspecified atom stereocenters. The summed E-state index contributed by atoms with van der Waals surface area (Å²) in [5.74, 6) is 0.275. The minimum atomic E-state index is -0.167. The van der Waals surface area contributed by atoms with Gasteiger partial charge in [-0.25, -0.2) is 0 Å². The Morgan fingerprint density at radius 3 is 2.30 bits per heavy atom. The Hall–Kier alpha value is -0.370. The van der Waals surface area contributed by atoms with Gasteiger partial charge in [-0.05, 0) is 13.0 Å². The number of nitrogens with two attached hydrogens (primary N) is 1. The van der Waals surface area contributed by atoms with E-state index in [4.69, 9.17) is 5.73 Å². The van der Waals surface area contributed by atoms with Crippen LogP contribution in [0, 0.1) is 5.41 Å². The molecule has 0 saturated heterocycles. The lowest BCUT2D eigenvalue weighted by Crippen LogP contribution is -2.25. The predicted molar refractivity (Wildman–Crippen MR) is 42.8 cm³/mol. The van der Waals surface area contributed by atoms with Gasteiger partial charge in [0.15, 0.2) is 0 Å². The molecular formula is C8H17NO. The lowest BCUT2D eigenvalue weighted by molar-refractivity contribution is -0.127. The highest BCUT2D eigenvalue weighted by Gasteiger charge is 2.23. The van der Waals surface area contributed by atoms with Crippen LogP contribution in [0.2, 0.25) is 0 Å². The molecule has 0 aliphatic carbocycles. The molecule has 2 heteroatoms. The molecule has 0 spiro atoms. The summed E-state index contributed by atoms with van der Waals surface area (Å²) in [6.45, 7) is 6.42. The van der Waals surface area contributed by atoms with Gasteiger partial charge in [0.25, 0.3) is 0 Å². The molecule has 0 heterocycles. The SMILES string of the molecule is CCC(C)(C)C(=O)CCN. The number of hydrogen-bond acceptors (Lipinski definition) is 2. The summed E-state index contributed by atoms with van der Waals surface area (Å²) < 4.78 is 0. The summed E-state index contributed by atoms with van der Waals surface area (Å²) in [6.07, 6.45) is 1.41. The summed E-state index contributed by atoms with van der Waals surface area (Å²) in [4.78, 5) is 11.2. The Bertz CT molecular complexity index is 118. The Morgan fingerprint density at radius 1 is 1.50 bits per heavy atom. The maximum Gasteiger partial charge on any atom is 0.139 e. The zero-order valence-corrected chi connectivity index (χ0v) is 7.11. The quantitative estimate of drug-likeness (QED) is 0.645. The van der Waals surface area contributed by atoms with E-state index in [9.17, 15) is 4.79 Å². The largest absolute Gasteiger partial charge is 0.330 e. The van der Waals surface area contributed by atoms with Crippen LogP contribution in [-0.2, 0) is 4.79 Å². The zero-order valence-electron chi connectivity index (χ0n) is 7.11. The number of ketones is 1. The molecule has 0 bridgehead atoms. The van der Waals surface area contributed by atoms with E-state index in [0.29, 0.717) is 13.0 Å². The third-order valence-corrected chi connectivity index (χ3v) is 2.01. The van der Waals surface area contributed by atoms with Gasteiger partial charge < -0.3 is 5.73 Å². The molecule has 2 N–H and O–H groups in total. The van der Waals surface area contributed by atoms with Crippen molar-refractivity contribution in [3.8, 4) is 0 Å². The van der Waals surface area contributed by atoms with Gasteiger partial charge in [-0.2, -0.15) is 0 Å². The highest BCUT2D eigenvalue weighted by Crippen LogP contribution is 2.21. The average molecular weight is 143 g/mol. The van der Waals surface area contributed by atoms with Crippen molar-refractivity contribution < 1.29 is 4.79 Å². The molecule has 60 valence electrons. The Morgan fingerprint density at radius 2 is 2.00 bits per heavy atom. The molecule has 0 aromatic carbocycles. The number of hydrogen-bond donors (Lipinski definition) is 1. The zero-order chi connectivity index (χ0) is 8.20. The minimum Gasteiger partial charge on any atom is -0.330 e. The molecule has 0 aromatic heterocycles. The molecule has 0 radical (unpaired) electrons. The van der Waals surface area contributed by atoms with Crippen LogP contribution in [0.5, 0.6) is 0 Å². The summed E-state index contributed by atoms with van der Waals surface area (Å²) in [6, 6.07) is 0. The van der Waals surface area contributed by atoms with Crippen molar-refractivity contribution in [2.45, 2.75) is 33.6 Å². The average Bonchev–Trinajstić information content (AvgIpc) is 1.89. The van der Waals surface area contributed by atoms with Crippen LogP contribution in [0.25, 0.3) is 0 Å². The van der Waals surface area contributed by atoms with Crippen LogP contribution in [0.1, 0.15) is 33.6 Å². The fourth-order valence-corrected chi connectivity index (χ4v) is 0.667. The topological polar surface area (TPSA) is 43.1 Å². The first-order valence-corrected chi connectivity index (χ1v) is 3.78. The first kappa shape index (κ1) is 9.63. The van der Waals surface area contributed by atoms with E-state index in [1.165, 1.54) is 0 Å². The molecule has 0 aliphatic rings. The van der Waals surface area contributed by atoms with Crippen LogP contribution in [0.15, 0.2) is 0 Å². The van der Waals surface area contributed by atoms with Gasteiger partial charge >= 0.3 is 0 Å². The second-order valence-electron chi connectivity index (χ2n) is 3.20. The van der Waals surface area contributed by atoms with Gasteiger partial charge in [0.05, 0.1) is 0 Å². The van der Waals surface area contributed by atoms with Gasteiger partial charge in [0.1, 0.15) is 5.78 Å². The van der Waals surface area contributed by atoms with Gasteiger partial charge in [-0.1, -0.05) is 20.8 Å². The van der Waals surface area contributed by atoms with Crippen molar-refractivity contribution >= 4 is 5.78 Å². The van der Waals surface area contributed by atoms with E-state index in [-0.39, 0.29) is 11.2 Å². The van der Waals surface area contributed by atoms with Gasteiger partial charge in [0, 0.05) is 11.8 Å². The smallest absolute Gasteiger partial charge is 0.139 e. The van der Waals surface area contributed by atoms with Crippen molar-refractivity contribution in [2.24, 2.45) is 11.1 Å². The summed E-state index contributed by atoms with van der Waals surface area (Å²) >= 11 is 0. The van der Waals surface area contributed by atoms with Crippen molar-refractivity contribution in [3.63, 3.8) is 0 Å². The van der Waals surface area contributed by atoms with Crippen molar-refractivity contribution in [1.29, 1.82) is 0 Å². The first-order chi connectivity index (χ1) is 4.54. The second kappa shape index (κ2) is 3.71. The van der Waals surface area contributed by atoms with E-state index >= 15 is 0 Å². The monoisotopic (exact) mass is 143 g/mol. The highest BCUT2D eigenvalue weighted by atomic mass is 16.1. The lowest BCUT2D eigenvalue weighted by Gasteiger charge is -2.19. The molecule has 0 atom stereocenters. The number of Topliss-reactive ketones (excluding diaryl/α,β-unsaturated/α-hetero) is 1. The van der Waals surface area contributed by atoms with Crippen LogP contribution in [-0.4, -0.2) is 12.3 Å². The molecular weight excluding hydrogens is 126 g/mol. The van der Waals surface area contributed by atoms with Crippen molar-refractivity contribution in [2.75, 3.05) is 6.54 Å². The third-order valence-electron chi connectivity index (χ3n) is 2.01. The standard InChI is InChI=1S/C8H17NO/c1-4-8(2,3)7(10)5-6-9/h4-6,9H2,1-3H3. The number of carbonyl (C=O) groups excluding carboxylic acids is 1. The van der Waals surface area contributed by atoms with Crippen molar-refractivity contribution in [1.82, 2.24) is 0 Å². The molecule has 2 nitrogen and oxygen atoms in total. The summed E-state index contributed by atoms with van der Waals surface area (Å²) in [5.41, 5.74) is 5.09. The van der Waals surface area contributed by atoms with E-state index in [1.807, 2.05) is 20.8 Å². The normalized spacial score (nSPS) is 11.6. The first-order valence-electron chi connectivity index (χ1n) is 3.78. The minimum absolute atomic E-state index is 0.167. The van der Waals surface area contributed by atoms with Crippen LogP contribution in [0.4, 0.5) is 0 Å². The van der Waals surface area contributed by atoms with E-state index in [0.717, 1.165) is 6.42 Å². The van der Waals surface area contributed by atoms with Gasteiger partial charge in [-0.15, -0.1) is 0 Å². The molecule has 0 aliphatic heterocycles. The molecule has 10 heavy (non-hydrogen) atoms.